The molecule has 136 valence electrons. The molecule has 0 radical (unpaired) electrons. The Bertz CT molecular complexity index is 651. The average molecular weight is 418 g/mol. The molecule has 0 aliphatic carbocycles. The molecule has 2 N–H and O–H groups in total. The van der Waals surface area contributed by atoms with Gasteiger partial charge in [-0.15, -0.1) is 24.8 Å². The highest BCUT2D eigenvalue weighted by Gasteiger charge is 2.10. The van der Waals surface area contributed by atoms with Gasteiger partial charge in [-0.2, -0.15) is 0 Å². The summed E-state index contributed by atoms with van der Waals surface area (Å²) in [4.78, 5) is 16.2. The third-order valence-electron chi connectivity index (χ3n) is 2.97. The molecule has 6 nitrogen and oxygen atoms in total. The van der Waals surface area contributed by atoms with E-state index in [9.17, 15) is 4.79 Å². The van der Waals surface area contributed by atoms with E-state index in [4.69, 9.17) is 27.9 Å². The van der Waals surface area contributed by atoms with Crippen LogP contribution in [0.2, 0.25) is 10.0 Å². The second kappa shape index (κ2) is 11.7. The SMILES string of the molecule is COCCNCCNC(=O)Cc1cn2cc(Cl)cc(Cl)c2n1.Cl.Cl. The highest BCUT2D eigenvalue weighted by molar-refractivity contribution is 6.36. The maximum Gasteiger partial charge on any atom is 0.226 e. The van der Waals surface area contributed by atoms with Gasteiger partial charge in [0.1, 0.15) is 0 Å². The van der Waals surface area contributed by atoms with Gasteiger partial charge in [-0.25, -0.2) is 4.98 Å². The number of fused-ring (bicyclic) bond motifs is 1. The lowest BCUT2D eigenvalue weighted by Crippen LogP contribution is -2.33. The number of halogens is 4. The van der Waals surface area contributed by atoms with Gasteiger partial charge < -0.3 is 19.8 Å². The normalized spacial score (nSPS) is 10.1. The quantitative estimate of drug-likeness (QED) is 0.647. The van der Waals surface area contributed by atoms with Crippen LogP contribution in [0.3, 0.4) is 0 Å². The molecule has 2 aromatic rings. The largest absolute Gasteiger partial charge is 0.383 e. The van der Waals surface area contributed by atoms with E-state index >= 15 is 0 Å². The average Bonchev–Trinajstić information content (AvgIpc) is 2.85. The molecule has 0 bridgehead atoms. The number of nitrogens with one attached hydrogen (secondary N) is 2. The molecular formula is C14H20Cl4N4O2. The lowest BCUT2D eigenvalue weighted by atomic mass is 10.3. The Morgan fingerprint density at radius 3 is 2.71 bits per heavy atom. The van der Waals surface area contributed by atoms with E-state index in [2.05, 4.69) is 15.6 Å². The fraction of sp³-hybridized carbons (Fsp3) is 0.429. The number of rotatable bonds is 8. The van der Waals surface area contributed by atoms with Crippen molar-refractivity contribution in [1.82, 2.24) is 20.0 Å². The number of nitrogens with zero attached hydrogens (tertiary/aromatic N) is 2. The van der Waals surface area contributed by atoms with Gasteiger partial charge in [0.05, 0.1) is 28.8 Å². The zero-order chi connectivity index (χ0) is 15.9. The first-order valence-electron chi connectivity index (χ1n) is 6.89. The van der Waals surface area contributed by atoms with E-state index in [0.29, 0.717) is 41.1 Å². The lowest BCUT2D eigenvalue weighted by molar-refractivity contribution is -0.120. The van der Waals surface area contributed by atoms with Crippen LogP contribution in [0.15, 0.2) is 18.5 Å². The van der Waals surface area contributed by atoms with E-state index in [0.717, 1.165) is 6.54 Å². The summed E-state index contributed by atoms with van der Waals surface area (Å²) in [7, 11) is 1.65. The first-order chi connectivity index (χ1) is 10.6. The highest BCUT2D eigenvalue weighted by atomic mass is 35.5. The maximum atomic E-state index is 11.9. The highest BCUT2D eigenvalue weighted by Crippen LogP contribution is 2.21. The second-order valence-electron chi connectivity index (χ2n) is 4.74. The van der Waals surface area contributed by atoms with Crippen LogP contribution in [0.1, 0.15) is 5.69 Å². The Hall–Kier alpha value is -0.760. The van der Waals surface area contributed by atoms with Crippen molar-refractivity contribution in [1.29, 1.82) is 0 Å². The molecule has 24 heavy (non-hydrogen) atoms. The van der Waals surface area contributed by atoms with Gasteiger partial charge in [-0.05, 0) is 6.07 Å². The molecule has 10 heteroatoms. The minimum Gasteiger partial charge on any atom is -0.383 e. The van der Waals surface area contributed by atoms with Crippen molar-refractivity contribution in [3.63, 3.8) is 0 Å². The molecular weight excluding hydrogens is 398 g/mol. The number of hydrogen-bond donors (Lipinski definition) is 2. The number of hydrogen-bond acceptors (Lipinski definition) is 4. The van der Waals surface area contributed by atoms with Gasteiger partial charge >= 0.3 is 0 Å². The minimum absolute atomic E-state index is 0. The monoisotopic (exact) mass is 416 g/mol. The summed E-state index contributed by atoms with van der Waals surface area (Å²) in [5, 5.41) is 6.96. The van der Waals surface area contributed by atoms with E-state index in [1.54, 1.807) is 30.0 Å². The Kier molecular flexibility index (Phi) is 11.4. The number of carbonyl (C=O) groups excluding carboxylic acids is 1. The van der Waals surface area contributed by atoms with Crippen molar-refractivity contribution in [2.24, 2.45) is 0 Å². The number of amides is 1. The summed E-state index contributed by atoms with van der Waals surface area (Å²) >= 11 is 12.0. The van der Waals surface area contributed by atoms with E-state index in [-0.39, 0.29) is 37.1 Å². The Balaban J connectivity index is 0.00000264. The fourth-order valence-corrected chi connectivity index (χ4v) is 2.50. The van der Waals surface area contributed by atoms with Crippen molar-refractivity contribution in [2.75, 3.05) is 33.4 Å². The predicted octanol–water partition coefficient (Wildman–Crippen LogP) is 2.38. The molecule has 0 aliphatic heterocycles. The van der Waals surface area contributed by atoms with Crippen LogP contribution in [0.5, 0.6) is 0 Å². The number of aromatic nitrogens is 2. The van der Waals surface area contributed by atoms with E-state index in [1.807, 2.05) is 0 Å². The minimum atomic E-state index is -0.0841. The molecule has 0 fully saturated rings. The first kappa shape index (κ1) is 23.2. The molecule has 2 heterocycles. The van der Waals surface area contributed by atoms with Crippen LogP contribution < -0.4 is 10.6 Å². The Morgan fingerprint density at radius 1 is 1.25 bits per heavy atom. The van der Waals surface area contributed by atoms with Crippen LogP contribution in [0.4, 0.5) is 0 Å². The number of pyridine rings is 1. The Morgan fingerprint density at radius 2 is 2.00 bits per heavy atom. The van der Waals surface area contributed by atoms with Gasteiger partial charge in [0.2, 0.25) is 5.91 Å². The molecule has 2 rings (SSSR count). The van der Waals surface area contributed by atoms with Gasteiger partial charge in [0.25, 0.3) is 0 Å². The van der Waals surface area contributed by atoms with Crippen LogP contribution in [0, 0.1) is 0 Å². The van der Waals surface area contributed by atoms with Crippen molar-refractivity contribution < 1.29 is 9.53 Å². The first-order valence-corrected chi connectivity index (χ1v) is 7.64. The van der Waals surface area contributed by atoms with Crippen molar-refractivity contribution in [3.8, 4) is 0 Å². The molecule has 0 saturated carbocycles. The standard InChI is InChI=1S/C14H18Cl2N4O2.2ClH/c1-22-5-4-17-2-3-18-13(21)7-11-9-20-8-10(15)6-12(16)14(20)19-11;;/h6,8-9,17H,2-5,7H2,1H3,(H,18,21);2*1H. The summed E-state index contributed by atoms with van der Waals surface area (Å²) in [6.07, 6.45) is 3.66. The summed E-state index contributed by atoms with van der Waals surface area (Å²) in [6, 6.07) is 1.63. The summed E-state index contributed by atoms with van der Waals surface area (Å²) in [6.45, 7) is 2.67. The number of methoxy groups -OCH3 is 1. The van der Waals surface area contributed by atoms with E-state index in [1.165, 1.54) is 0 Å². The summed E-state index contributed by atoms with van der Waals surface area (Å²) in [5.41, 5.74) is 1.24. The topological polar surface area (TPSA) is 67.7 Å². The number of imidazole rings is 1. The molecule has 2 aromatic heterocycles. The molecule has 0 atom stereocenters. The number of ether oxygens (including phenoxy) is 1. The maximum absolute atomic E-state index is 11.9. The molecule has 0 unspecified atom stereocenters. The third-order valence-corrected chi connectivity index (χ3v) is 3.46. The smallest absolute Gasteiger partial charge is 0.226 e. The fourth-order valence-electron chi connectivity index (χ4n) is 1.98. The predicted molar refractivity (Wildman–Crippen MR) is 101 cm³/mol. The van der Waals surface area contributed by atoms with Crippen molar-refractivity contribution in [3.05, 3.63) is 34.2 Å². The van der Waals surface area contributed by atoms with Crippen LogP contribution in [0.25, 0.3) is 5.65 Å². The molecule has 0 aliphatic rings. The zero-order valence-corrected chi connectivity index (χ0v) is 16.2. The zero-order valence-electron chi connectivity index (χ0n) is 13.1. The third kappa shape index (κ3) is 7.01. The Labute approximate surface area is 163 Å². The van der Waals surface area contributed by atoms with Crippen LogP contribution in [-0.4, -0.2) is 48.6 Å². The molecule has 1 amide bonds. The van der Waals surface area contributed by atoms with Crippen LogP contribution in [-0.2, 0) is 16.0 Å². The molecule has 0 saturated heterocycles. The molecule has 0 aromatic carbocycles. The summed E-state index contributed by atoms with van der Waals surface area (Å²) < 4.78 is 6.64. The van der Waals surface area contributed by atoms with Gasteiger partial charge in [-0.1, -0.05) is 23.2 Å². The summed E-state index contributed by atoms with van der Waals surface area (Å²) in [5.74, 6) is -0.0841. The molecule has 0 spiro atoms. The lowest BCUT2D eigenvalue weighted by Gasteiger charge is -2.05. The van der Waals surface area contributed by atoms with E-state index < -0.39 is 0 Å². The van der Waals surface area contributed by atoms with Gasteiger partial charge in [-0.3, -0.25) is 4.79 Å². The second-order valence-corrected chi connectivity index (χ2v) is 5.58. The van der Waals surface area contributed by atoms with Crippen molar-refractivity contribution in [2.45, 2.75) is 6.42 Å². The van der Waals surface area contributed by atoms with Crippen molar-refractivity contribution >= 4 is 59.6 Å². The van der Waals surface area contributed by atoms with Gasteiger partial charge in [0.15, 0.2) is 5.65 Å². The number of carbonyl (C=O) groups is 1. The van der Waals surface area contributed by atoms with Crippen LogP contribution >= 0.6 is 48.0 Å². The van der Waals surface area contributed by atoms with Gasteiger partial charge in [0, 0.05) is 39.1 Å².